The van der Waals surface area contributed by atoms with Gasteiger partial charge < -0.3 is 14.5 Å². The first kappa shape index (κ1) is 19.9. The van der Waals surface area contributed by atoms with Crippen LogP contribution in [0.1, 0.15) is 24.1 Å². The maximum atomic E-state index is 13.4. The number of nitrogens with zero attached hydrogens (tertiary/aromatic N) is 1. The van der Waals surface area contributed by atoms with E-state index in [0.29, 0.717) is 26.2 Å². The summed E-state index contributed by atoms with van der Waals surface area (Å²) in [6.07, 6.45) is 0. The molecule has 1 fully saturated rings. The van der Waals surface area contributed by atoms with Crippen molar-refractivity contribution in [3.63, 3.8) is 0 Å². The van der Waals surface area contributed by atoms with Crippen molar-refractivity contribution < 1.29 is 28.0 Å². The molecule has 0 unspecified atom stereocenters. The van der Waals surface area contributed by atoms with E-state index in [-0.39, 0.29) is 30.2 Å². The van der Waals surface area contributed by atoms with Gasteiger partial charge in [-0.3, -0.25) is 9.59 Å². The van der Waals surface area contributed by atoms with E-state index in [1.54, 1.807) is 29.2 Å². The fourth-order valence-electron chi connectivity index (χ4n) is 3.56. The molecule has 5 nitrogen and oxygen atoms in total. The second-order valence-corrected chi connectivity index (χ2v) is 6.86. The van der Waals surface area contributed by atoms with Crippen LogP contribution in [0.3, 0.4) is 0 Å². The van der Waals surface area contributed by atoms with Crippen LogP contribution in [-0.4, -0.2) is 49.6 Å². The maximum absolute atomic E-state index is 13.4. The van der Waals surface area contributed by atoms with Crippen LogP contribution < -0.4 is 4.90 Å². The van der Waals surface area contributed by atoms with Crippen molar-refractivity contribution >= 4 is 11.9 Å². The Balaban J connectivity index is 1.75. The summed E-state index contributed by atoms with van der Waals surface area (Å²) in [5.74, 6) is -1.31. The maximum Gasteiger partial charge on any atom is 0.303 e. The third-order valence-electron chi connectivity index (χ3n) is 4.97. The normalized spacial score (nSPS) is 14.9. The van der Waals surface area contributed by atoms with E-state index in [0.717, 1.165) is 11.1 Å². The number of ether oxygens (including phenoxy) is 1. The molecule has 0 spiro atoms. The largest absolute Gasteiger partial charge is 0.456 e. The lowest BCUT2D eigenvalue weighted by Crippen LogP contribution is -3.15. The molecule has 0 radical (unpaired) electrons. The molecule has 1 heterocycles. The molecule has 7 heteroatoms. The Bertz CT molecular complexity index is 771. The fourth-order valence-corrected chi connectivity index (χ4v) is 3.56. The van der Waals surface area contributed by atoms with Gasteiger partial charge in [0.25, 0.3) is 5.91 Å². The van der Waals surface area contributed by atoms with E-state index >= 15 is 0 Å². The van der Waals surface area contributed by atoms with Crippen molar-refractivity contribution in [1.29, 1.82) is 0 Å². The number of hydrogen-bond donors (Lipinski definition) is 1. The van der Waals surface area contributed by atoms with Gasteiger partial charge in [-0.1, -0.05) is 0 Å². The molecule has 0 saturated carbocycles. The van der Waals surface area contributed by atoms with Gasteiger partial charge in [-0.2, -0.15) is 0 Å². The predicted molar refractivity (Wildman–Crippen MR) is 98.6 cm³/mol. The number of amides is 1. The molecule has 0 atom stereocenters. The van der Waals surface area contributed by atoms with Gasteiger partial charge in [0.2, 0.25) is 0 Å². The SMILES string of the molecule is CC(=O)OCC(=O)N1CC[NH+](C(c2ccc(F)cc2)c2ccc(F)cc2)CC1. The Hall–Kier alpha value is -2.80. The van der Waals surface area contributed by atoms with Gasteiger partial charge >= 0.3 is 5.97 Å². The van der Waals surface area contributed by atoms with Crippen LogP contribution in [0.25, 0.3) is 0 Å². The number of rotatable bonds is 5. The number of nitrogens with one attached hydrogen (secondary N) is 1. The van der Waals surface area contributed by atoms with Crippen LogP contribution in [0.2, 0.25) is 0 Å². The molecule has 1 saturated heterocycles. The highest BCUT2D eigenvalue weighted by atomic mass is 19.1. The van der Waals surface area contributed by atoms with Gasteiger partial charge in [0.1, 0.15) is 17.7 Å². The van der Waals surface area contributed by atoms with E-state index in [2.05, 4.69) is 0 Å². The van der Waals surface area contributed by atoms with Gasteiger partial charge in [-0.25, -0.2) is 8.78 Å². The molecular weight excluding hydrogens is 366 g/mol. The van der Waals surface area contributed by atoms with E-state index < -0.39 is 5.97 Å². The van der Waals surface area contributed by atoms with Gasteiger partial charge in [-0.05, 0) is 48.5 Å². The number of hydrogen-bond acceptors (Lipinski definition) is 3. The fraction of sp³-hybridized carbons (Fsp3) is 0.333. The quantitative estimate of drug-likeness (QED) is 0.786. The highest BCUT2D eigenvalue weighted by Gasteiger charge is 2.31. The molecule has 1 aliphatic heterocycles. The first-order valence-electron chi connectivity index (χ1n) is 9.20. The summed E-state index contributed by atoms with van der Waals surface area (Å²) < 4.78 is 31.5. The van der Waals surface area contributed by atoms with Crippen molar-refractivity contribution in [2.24, 2.45) is 0 Å². The number of carbonyl (C=O) groups is 2. The summed E-state index contributed by atoms with van der Waals surface area (Å²) in [4.78, 5) is 25.9. The second-order valence-electron chi connectivity index (χ2n) is 6.86. The molecule has 28 heavy (non-hydrogen) atoms. The van der Waals surface area contributed by atoms with Crippen molar-refractivity contribution in [2.75, 3.05) is 32.8 Å². The first-order valence-corrected chi connectivity index (χ1v) is 9.20. The second kappa shape index (κ2) is 8.93. The van der Waals surface area contributed by atoms with Gasteiger partial charge in [0.15, 0.2) is 6.61 Å². The molecule has 148 valence electrons. The number of halogens is 2. The lowest BCUT2D eigenvalue weighted by Gasteiger charge is -2.37. The molecule has 1 amide bonds. The zero-order chi connectivity index (χ0) is 20.1. The minimum Gasteiger partial charge on any atom is -0.456 e. The molecule has 1 aliphatic rings. The van der Waals surface area contributed by atoms with E-state index in [1.807, 2.05) is 0 Å². The third kappa shape index (κ3) is 4.92. The summed E-state index contributed by atoms with van der Waals surface area (Å²) >= 11 is 0. The van der Waals surface area contributed by atoms with Crippen LogP contribution in [0, 0.1) is 11.6 Å². The molecule has 2 aromatic carbocycles. The molecule has 0 aliphatic carbocycles. The summed E-state index contributed by atoms with van der Waals surface area (Å²) in [5, 5.41) is 0. The molecule has 0 aromatic heterocycles. The summed E-state index contributed by atoms with van der Waals surface area (Å²) in [6, 6.07) is 12.6. The number of esters is 1. The first-order chi connectivity index (χ1) is 13.4. The number of piperazine rings is 1. The Labute approximate surface area is 162 Å². The predicted octanol–water partition coefficient (Wildman–Crippen LogP) is 1.34. The van der Waals surface area contributed by atoms with Crippen molar-refractivity contribution in [3.8, 4) is 0 Å². The lowest BCUT2D eigenvalue weighted by molar-refractivity contribution is -0.929. The standard InChI is InChI=1S/C21H22F2N2O3/c1-15(26)28-14-20(27)24-10-12-25(13-11-24)21(16-2-6-18(22)7-3-16)17-4-8-19(23)9-5-17/h2-9,21H,10-14H2,1H3/p+1. The zero-order valence-corrected chi connectivity index (χ0v) is 15.7. The Morgan fingerprint density at radius 2 is 1.43 bits per heavy atom. The number of quaternary nitrogens is 1. The monoisotopic (exact) mass is 389 g/mol. The van der Waals surface area contributed by atoms with Crippen LogP contribution in [0.15, 0.2) is 48.5 Å². The van der Waals surface area contributed by atoms with Crippen LogP contribution in [0.5, 0.6) is 0 Å². The minimum absolute atomic E-state index is 0.0908. The van der Waals surface area contributed by atoms with Crippen molar-refractivity contribution in [3.05, 3.63) is 71.3 Å². The molecule has 1 N–H and O–H groups in total. The molecule has 3 rings (SSSR count). The average molecular weight is 389 g/mol. The van der Waals surface area contributed by atoms with E-state index in [1.165, 1.54) is 36.1 Å². The Morgan fingerprint density at radius 1 is 0.964 bits per heavy atom. The molecular formula is C21H23F2N2O3+. The molecule has 2 aromatic rings. The van der Waals surface area contributed by atoms with E-state index in [9.17, 15) is 18.4 Å². The van der Waals surface area contributed by atoms with Gasteiger partial charge in [0, 0.05) is 18.1 Å². The summed E-state index contributed by atoms with van der Waals surface area (Å²) in [7, 11) is 0. The van der Waals surface area contributed by atoms with Gasteiger partial charge in [-0.15, -0.1) is 0 Å². The zero-order valence-electron chi connectivity index (χ0n) is 15.7. The lowest BCUT2D eigenvalue weighted by atomic mass is 9.96. The van der Waals surface area contributed by atoms with Gasteiger partial charge in [0.05, 0.1) is 26.2 Å². The summed E-state index contributed by atoms with van der Waals surface area (Å²) in [6.45, 7) is 3.41. The summed E-state index contributed by atoms with van der Waals surface area (Å²) in [5.41, 5.74) is 1.87. The number of carbonyl (C=O) groups excluding carboxylic acids is 2. The highest BCUT2D eigenvalue weighted by molar-refractivity contribution is 5.80. The highest BCUT2D eigenvalue weighted by Crippen LogP contribution is 2.20. The van der Waals surface area contributed by atoms with Crippen molar-refractivity contribution in [1.82, 2.24) is 4.90 Å². The van der Waals surface area contributed by atoms with Crippen LogP contribution in [-0.2, 0) is 14.3 Å². The smallest absolute Gasteiger partial charge is 0.303 e. The van der Waals surface area contributed by atoms with Crippen LogP contribution >= 0.6 is 0 Å². The topological polar surface area (TPSA) is 51.1 Å². The van der Waals surface area contributed by atoms with Crippen LogP contribution in [0.4, 0.5) is 8.78 Å². The Kier molecular flexibility index (Phi) is 6.36. The van der Waals surface area contributed by atoms with E-state index in [4.69, 9.17) is 4.74 Å². The van der Waals surface area contributed by atoms with Crippen molar-refractivity contribution in [2.45, 2.75) is 13.0 Å². The Morgan fingerprint density at radius 3 is 1.86 bits per heavy atom. The number of benzene rings is 2. The minimum atomic E-state index is -0.481. The molecule has 0 bridgehead atoms. The average Bonchev–Trinajstić information content (AvgIpc) is 2.70. The third-order valence-corrected chi connectivity index (χ3v) is 4.97.